The smallest absolute Gasteiger partial charge is 0.177 e. The van der Waals surface area contributed by atoms with Gasteiger partial charge in [-0.05, 0) is 19.3 Å². The number of hydrogen-bond acceptors (Lipinski definition) is 6. The Labute approximate surface area is 129 Å². The van der Waals surface area contributed by atoms with Crippen molar-refractivity contribution in [2.24, 2.45) is 5.92 Å². The molecule has 21 heavy (non-hydrogen) atoms. The fourth-order valence-corrected chi connectivity index (χ4v) is 3.86. The number of carbonyl (C=O) groups is 1. The predicted octanol–water partition coefficient (Wildman–Crippen LogP) is 3.02. The molecule has 5 nitrogen and oxygen atoms in total. The van der Waals surface area contributed by atoms with Gasteiger partial charge in [0.1, 0.15) is 16.6 Å². The number of rotatable bonds is 5. The molecule has 114 valence electrons. The van der Waals surface area contributed by atoms with Crippen LogP contribution in [-0.2, 0) is 4.74 Å². The standard InChI is InChI=1S/C15H21N3O2S/c1-8(2)13(19)14-12(17)9(7-16)15(21-14)18-10-5-4-6-11(10)20-3/h8,10-11,18H,4-6,17H2,1-3H3. The van der Waals surface area contributed by atoms with Gasteiger partial charge in [0, 0.05) is 13.0 Å². The SMILES string of the molecule is COC1CCCC1Nc1sc(C(=O)C(C)C)c(N)c1C#N. The van der Waals surface area contributed by atoms with Gasteiger partial charge < -0.3 is 15.8 Å². The monoisotopic (exact) mass is 307 g/mol. The molecule has 1 aromatic heterocycles. The molecule has 1 aromatic rings. The van der Waals surface area contributed by atoms with Gasteiger partial charge in [-0.25, -0.2) is 0 Å². The molecule has 2 unspecified atom stereocenters. The average Bonchev–Trinajstić information content (AvgIpc) is 3.02. The van der Waals surface area contributed by atoms with E-state index in [1.165, 1.54) is 11.3 Å². The molecule has 0 saturated heterocycles. The van der Waals surface area contributed by atoms with Crippen LogP contribution in [0.1, 0.15) is 48.3 Å². The van der Waals surface area contributed by atoms with Crippen molar-refractivity contribution in [1.29, 1.82) is 5.26 Å². The maximum absolute atomic E-state index is 12.2. The molecular formula is C15H21N3O2S. The Kier molecular flexibility index (Phi) is 4.86. The van der Waals surface area contributed by atoms with Gasteiger partial charge in [-0.2, -0.15) is 5.26 Å². The minimum absolute atomic E-state index is 0.0169. The number of hydrogen-bond donors (Lipinski definition) is 2. The zero-order chi connectivity index (χ0) is 15.6. The molecule has 2 atom stereocenters. The molecule has 1 aliphatic rings. The normalized spacial score (nSPS) is 21.5. The number of methoxy groups -OCH3 is 1. The fraction of sp³-hybridized carbons (Fsp3) is 0.600. The van der Waals surface area contributed by atoms with E-state index in [2.05, 4.69) is 11.4 Å². The van der Waals surface area contributed by atoms with E-state index < -0.39 is 0 Å². The van der Waals surface area contributed by atoms with Gasteiger partial charge in [0.25, 0.3) is 0 Å². The second-order valence-electron chi connectivity index (χ2n) is 5.64. The molecule has 6 heteroatoms. The van der Waals surface area contributed by atoms with Crippen LogP contribution in [0.2, 0.25) is 0 Å². The van der Waals surface area contributed by atoms with Crippen LogP contribution >= 0.6 is 11.3 Å². The Morgan fingerprint density at radius 1 is 1.52 bits per heavy atom. The fourth-order valence-electron chi connectivity index (χ4n) is 2.64. The molecule has 2 rings (SSSR count). The number of nitrogens with two attached hydrogens (primary N) is 1. The second kappa shape index (κ2) is 6.46. The number of Topliss-reactive ketones (excluding diaryl/α,β-unsaturated/α-hetero) is 1. The first kappa shape index (κ1) is 15.8. The minimum atomic E-state index is -0.136. The van der Waals surface area contributed by atoms with E-state index in [1.807, 2.05) is 13.8 Å². The number of nitrogen functional groups attached to an aromatic ring is 1. The maximum atomic E-state index is 12.2. The van der Waals surface area contributed by atoms with Crippen LogP contribution in [0.5, 0.6) is 0 Å². The predicted molar refractivity (Wildman–Crippen MR) is 84.7 cm³/mol. The van der Waals surface area contributed by atoms with Crippen LogP contribution in [0.25, 0.3) is 0 Å². The number of ketones is 1. The van der Waals surface area contributed by atoms with Crippen molar-refractivity contribution in [1.82, 2.24) is 0 Å². The Hall–Kier alpha value is -1.58. The van der Waals surface area contributed by atoms with Crippen molar-refractivity contribution in [3.8, 4) is 6.07 Å². The van der Waals surface area contributed by atoms with E-state index in [9.17, 15) is 10.1 Å². The summed E-state index contributed by atoms with van der Waals surface area (Å²) in [4.78, 5) is 12.7. The van der Waals surface area contributed by atoms with E-state index in [1.54, 1.807) is 7.11 Å². The highest BCUT2D eigenvalue weighted by molar-refractivity contribution is 7.19. The third kappa shape index (κ3) is 3.04. The van der Waals surface area contributed by atoms with Gasteiger partial charge in [-0.3, -0.25) is 4.79 Å². The zero-order valence-corrected chi connectivity index (χ0v) is 13.4. The number of anilines is 2. The first-order valence-electron chi connectivity index (χ1n) is 7.15. The van der Waals surface area contributed by atoms with Crippen LogP contribution in [0.3, 0.4) is 0 Å². The summed E-state index contributed by atoms with van der Waals surface area (Å²) in [6.45, 7) is 3.66. The number of nitrogens with one attached hydrogen (secondary N) is 1. The maximum Gasteiger partial charge on any atom is 0.177 e. The highest BCUT2D eigenvalue weighted by atomic mass is 32.1. The number of nitrogens with zero attached hydrogens (tertiary/aromatic N) is 1. The third-order valence-electron chi connectivity index (χ3n) is 3.88. The van der Waals surface area contributed by atoms with Crippen molar-refractivity contribution < 1.29 is 9.53 Å². The molecule has 0 amide bonds. The lowest BCUT2D eigenvalue weighted by Crippen LogP contribution is -2.29. The van der Waals surface area contributed by atoms with E-state index in [0.717, 1.165) is 19.3 Å². The first-order valence-corrected chi connectivity index (χ1v) is 7.97. The number of ether oxygens (including phenoxy) is 1. The van der Waals surface area contributed by atoms with E-state index in [0.29, 0.717) is 21.1 Å². The molecule has 0 radical (unpaired) electrons. The van der Waals surface area contributed by atoms with Crippen molar-refractivity contribution in [3.05, 3.63) is 10.4 Å². The van der Waals surface area contributed by atoms with Crippen LogP contribution < -0.4 is 11.1 Å². The van der Waals surface area contributed by atoms with Gasteiger partial charge in [-0.1, -0.05) is 13.8 Å². The Bertz CT molecular complexity index is 574. The topological polar surface area (TPSA) is 88.1 Å². The lowest BCUT2D eigenvalue weighted by Gasteiger charge is -2.19. The Balaban J connectivity index is 2.30. The molecular weight excluding hydrogens is 286 g/mol. The summed E-state index contributed by atoms with van der Waals surface area (Å²) in [6, 6.07) is 2.28. The summed E-state index contributed by atoms with van der Waals surface area (Å²) in [5.74, 6) is -0.152. The molecule has 0 aromatic carbocycles. The van der Waals surface area contributed by atoms with Crippen LogP contribution in [0.4, 0.5) is 10.7 Å². The Morgan fingerprint density at radius 3 is 2.81 bits per heavy atom. The average molecular weight is 307 g/mol. The quantitative estimate of drug-likeness (QED) is 0.816. The molecule has 0 spiro atoms. The van der Waals surface area contributed by atoms with Crippen LogP contribution in [0, 0.1) is 17.2 Å². The largest absolute Gasteiger partial charge is 0.396 e. The van der Waals surface area contributed by atoms with E-state index >= 15 is 0 Å². The molecule has 0 bridgehead atoms. The van der Waals surface area contributed by atoms with Crippen molar-refractivity contribution in [3.63, 3.8) is 0 Å². The van der Waals surface area contributed by atoms with Gasteiger partial charge >= 0.3 is 0 Å². The lowest BCUT2D eigenvalue weighted by atomic mass is 10.1. The van der Waals surface area contributed by atoms with Crippen molar-refractivity contribution in [2.75, 3.05) is 18.2 Å². The first-order chi connectivity index (χ1) is 9.99. The van der Waals surface area contributed by atoms with Crippen LogP contribution in [-0.4, -0.2) is 25.0 Å². The Morgan fingerprint density at radius 2 is 2.24 bits per heavy atom. The minimum Gasteiger partial charge on any atom is -0.396 e. The summed E-state index contributed by atoms with van der Waals surface area (Å²) >= 11 is 1.28. The second-order valence-corrected chi connectivity index (χ2v) is 6.66. The third-order valence-corrected chi connectivity index (χ3v) is 5.03. The lowest BCUT2D eigenvalue weighted by molar-refractivity contribution is 0.0944. The summed E-state index contributed by atoms with van der Waals surface area (Å²) < 4.78 is 5.45. The molecule has 3 N–H and O–H groups in total. The van der Waals surface area contributed by atoms with Crippen LogP contribution in [0.15, 0.2) is 0 Å². The van der Waals surface area contributed by atoms with E-state index in [-0.39, 0.29) is 23.8 Å². The van der Waals surface area contributed by atoms with Crippen molar-refractivity contribution in [2.45, 2.75) is 45.3 Å². The van der Waals surface area contributed by atoms with Gasteiger partial charge in [-0.15, -0.1) is 11.3 Å². The summed E-state index contributed by atoms with van der Waals surface area (Å²) in [5, 5.41) is 13.4. The molecule has 1 fully saturated rings. The summed E-state index contributed by atoms with van der Waals surface area (Å²) in [7, 11) is 1.70. The van der Waals surface area contributed by atoms with Crippen molar-refractivity contribution >= 4 is 27.8 Å². The molecule has 1 saturated carbocycles. The number of thiophene rings is 1. The number of carbonyl (C=O) groups excluding carboxylic acids is 1. The summed E-state index contributed by atoms with van der Waals surface area (Å²) in [6.07, 6.45) is 3.24. The highest BCUT2D eigenvalue weighted by Crippen LogP contribution is 2.38. The molecule has 0 aliphatic heterocycles. The van der Waals surface area contributed by atoms with E-state index in [4.69, 9.17) is 10.5 Å². The summed E-state index contributed by atoms with van der Waals surface area (Å²) in [5.41, 5.74) is 6.67. The van der Waals surface area contributed by atoms with Gasteiger partial charge in [0.05, 0.1) is 22.7 Å². The molecule has 1 aliphatic carbocycles. The van der Waals surface area contributed by atoms with Gasteiger partial charge in [0.15, 0.2) is 5.78 Å². The molecule has 1 heterocycles. The highest BCUT2D eigenvalue weighted by Gasteiger charge is 2.30. The number of nitriles is 1. The zero-order valence-electron chi connectivity index (χ0n) is 12.6. The van der Waals surface area contributed by atoms with Gasteiger partial charge in [0.2, 0.25) is 0 Å².